The number of thioether (sulfide) groups is 2. The van der Waals surface area contributed by atoms with Crippen molar-refractivity contribution in [3.63, 3.8) is 0 Å². The van der Waals surface area contributed by atoms with Gasteiger partial charge in [-0.25, -0.2) is 13.2 Å². The van der Waals surface area contributed by atoms with Crippen molar-refractivity contribution in [1.29, 1.82) is 0 Å². The molecule has 126 valence electrons. The molecule has 2 aromatic rings. The average molecular weight is 369 g/mol. The van der Waals surface area contributed by atoms with Crippen LogP contribution in [0.4, 0.5) is 13.2 Å². The summed E-state index contributed by atoms with van der Waals surface area (Å²) in [6, 6.07) is 9.83. The molecular weight excluding hydrogens is 355 g/mol. The highest BCUT2D eigenvalue weighted by atomic mass is 32.2. The topological polar surface area (TPSA) is 20.3 Å². The zero-order valence-corrected chi connectivity index (χ0v) is 14.4. The van der Waals surface area contributed by atoms with E-state index in [1.54, 1.807) is 11.8 Å². The molecule has 7 heteroatoms. The van der Waals surface area contributed by atoms with Crippen LogP contribution in [0.2, 0.25) is 0 Å². The van der Waals surface area contributed by atoms with Gasteiger partial charge in [0.1, 0.15) is 5.37 Å². The molecule has 2 aromatic carbocycles. The lowest BCUT2D eigenvalue weighted by atomic mass is 10.1. The summed E-state index contributed by atoms with van der Waals surface area (Å²) in [7, 11) is 0. The van der Waals surface area contributed by atoms with Crippen LogP contribution in [0.1, 0.15) is 16.5 Å². The van der Waals surface area contributed by atoms with Crippen LogP contribution in [-0.2, 0) is 11.3 Å². The lowest BCUT2D eigenvalue weighted by Crippen LogP contribution is -2.28. The molecule has 24 heavy (non-hydrogen) atoms. The maximum atomic E-state index is 13.9. The van der Waals surface area contributed by atoms with Gasteiger partial charge >= 0.3 is 0 Å². The van der Waals surface area contributed by atoms with Crippen LogP contribution in [0, 0.1) is 17.5 Å². The summed E-state index contributed by atoms with van der Waals surface area (Å²) in [5, 5.41) is -0.263. The van der Waals surface area contributed by atoms with E-state index in [1.807, 2.05) is 30.5 Å². The minimum atomic E-state index is -1.51. The number of hydrogen-bond donors (Lipinski definition) is 0. The number of benzene rings is 2. The third-order valence-electron chi connectivity index (χ3n) is 3.82. The second-order valence-corrected chi connectivity index (χ2v) is 7.24. The minimum Gasteiger partial charge on any atom is -0.321 e. The molecule has 0 aliphatic carbocycles. The quantitative estimate of drug-likeness (QED) is 0.580. The first-order valence-corrected chi connectivity index (χ1v) is 9.46. The summed E-state index contributed by atoms with van der Waals surface area (Å²) >= 11 is 3.05. The predicted molar refractivity (Wildman–Crippen MR) is 90.3 cm³/mol. The van der Waals surface area contributed by atoms with Gasteiger partial charge in [-0.3, -0.25) is 4.79 Å². The number of hydrogen-bond acceptors (Lipinski definition) is 3. The van der Waals surface area contributed by atoms with E-state index in [0.717, 1.165) is 16.5 Å². The Kier molecular flexibility index (Phi) is 5.10. The maximum absolute atomic E-state index is 13.9. The van der Waals surface area contributed by atoms with Gasteiger partial charge in [0.05, 0.1) is 12.3 Å². The molecule has 0 spiro atoms. The van der Waals surface area contributed by atoms with Gasteiger partial charge in [-0.05, 0) is 30.0 Å². The van der Waals surface area contributed by atoms with E-state index in [1.165, 1.54) is 22.7 Å². The molecule has 0 N–H and O–H groups in total. The highest BCUT2D eigenvalue weighted by Crippen LogP contribution is 2.40. The highest BCUT2D eigenvalue weighted by molar-refractivity contribution is 8.00. The number of halogens is 3. The van der Waals surface area contributed by atoms with Crippen molar-refractivity contribution in [1.82, 2.24) is 4.90 Å². The Morgan fingerprint density at radius 3 is 2.50 bits per heavy atom. The van der Waals surface area contributed by atoms with Gasteiger partial charge in [0.15, 0.2) is 17.5 Å². The number of carbonyl (C=O) groups is 1. The van der Waals surface area contributed by atoms with Crippen molar-refractivity contribution < 1.29 is 18.0 Å². The Balaban J connectivity index is 1.87. The molecule has 1 unspecified atom stereocenters. The third-order valence-corrected chi connectivity index (χ3v) is 5.82. The molecule has 1 aliphatic rings. The molecule has 1 heterocycles. The van der Waals surface area contributed by atoms with Gasteiger partial charge in [0.25, 0.3) is 0 Å². The van der Waals surface area contributed by atoms with Crippen LogP contribution in [0.3, 0.4) is 0 Å². The maximum Gasteiger partial charge on any atom is 0.234 e. The minimum absolute atomic E-state index is 0.0320. The Morgan fingerprint density at radius 2 is 1.83 bits per heavy atom. The van der Waals surface area contributed by atoms with Crippen LogP contribution in [-0.4, -0.2) is 22.8 Å². The fraction of sp³-hybridized carbons (Fsp3) is 0.235. The molecule has 3 rings (SSSR count). The van der Waals surface area contributed by atoms with E-state index in [9.17, 15) is 18.0 Å². The van der Waals surface area contributed by atoms with Gasteiger partial charge < -0.3 is 4.90 Å². The van der Waals surface area contributed by atoms with Gasteiger partial charge in [0.2, 0.25) is 5.91 Å². The third kappa shape index (κ3) is 3.28. The van der Waals surface area contributed by atoms with E-state index in [2.05, 4.69) is 0 Å². The zero-order chi connectivity index (χ0) is 17.3. The molecule has 1 saturated heterocycles. The zero-order valence-electron chi connectivity index (χ0n) is 12.8. The SMILES string of the molecule is CSc1ccc(C2SCC(=O)N2Cc2ccc(F)c(F)c2F)cc1. The number of rotatable bonds is 4. The standard InChI is InChI=1S/C17H14F3NOS2/c1-23-12-5-2-10(3-6-12)17-21(14(22)9-24-17)8-11-4-7-13(18)16(20)15(11)19/h2-7,17H,8-9H2,1H3. The number of amides is 1. The molecule has 0 radical (unpaired) electrons. The van der Waals surface area contributed by atoms with Crippen LogP contribution < -0.4 is 0 Å². The van der Waals surface area contributed by atoms with Crippen LogP contribution in [0.25, 0.3) is 0 Å². The highest BCUT2D eigenvalue weighted by Gasteiger charge is 2.33. The monoisotopic (exact) mass is 369 g/mol. The first-order chi connectivity index (χ1) is 11.5. The molecule has 1 aliphatic heterocycles. The van der Waals surface area contributed by atoms with Gasteiger partial charge in [0, 0.05) is 10.5 Å². The summed E-state index contributed by atoms with van der Waals surface area (Å²) in [5.41, 5.74) is 0.891. The summed E-state index contributed by atoms with van der Waals surface area (Å²) in [6.45, 7) is -0.0934. The molecule has 0 aromatic heterocycles. The Morgan fingerprint density at radius 1 is 1.12 bits per heavy atom. The van der Waals surface area contributed by atoms with Crippen molar-refractivity contribution in [2.45, 2.75) is 16.8 Å². The van der Waals surface area contributed by atoms with E-state index < -0.39 is 17.5 Å². The molecule has 1 atom stereocenters. The average Bonchev–Trinajstić information content (AvgIpc) is 2.96. The van der Waals surface area contributed by atoms with Crippen molar-refractivity contribution in [2.24, 2.45) is 0 Å². The summed E-state index contributed by atoms with van der Waals surface area (Å²) in [4.78, 5) is 14.8. The Bertz CT molecular complexity index is 767. The summed E-state index contributed by atoms with van der Waals surface area (Å²) in [5.74, 6) is -3.85. The van der Waals surface area contributed by atoms with E-state index >= 15 is 0 Å². The molecule has 0 bridgehead atoms. The summed E-state index contributed by atoms with van der Waals surface area (Å²) in [6.07, 6.45) is 1.97. The lowest BCUT2D eigenvalue weighted by Gasteiger charge is -2.24. The van der Waals surface area contributed by atoms with Gasteiger partial charge in [-0.1, -0.05) is 18.2 Å². The van der Waals surface area contributed by atoms with Crippen LogP contribution in [0.15, 0.2) is 41.3 Å². The molecular formula is C17H14F3NOS2. The second kappa shape index (κ2) is 7.11. The van der Waals surface area contributed by atoms with Crippen molar-refractivity contribution in [2.75, 3.05) is 12.0 Å². The van der Waals surface area contributed by atoms with E-state index in [-0.39, 0.29) is 29.1 Å². The Hall–Kier alpha value is -1.60. The predicted octanol–water partition coefficient (Wildman–Crippen LogP) is 4.60. The summed E-state index contributed by atoms with van der Waals surface area (Å²) < 4.78 is 40.4. The fourth-order valence-electron chi connectivity index (χ4n) is 2.54. The molecule has 0 saturated carbocycles. The number of carbonyl (C=O) groups excluding carboxylic acids is 1. The van der Waals surface area contributed by atoms with Crippen molar-refractivity contribution in [3.05, 3.63) is 65.0 Å². The van der Waals surface area contributed by atoms with Crippen LogP contribution >= 0.6 is 23.5 Å². The first kappa shape index (κ1) is 17.2. The second-order valence-electron chi connectivity index (χ2n) is 5.29. The van der Waals surface area contributed by atoms with E-state index in [4.69, 9.17) is 0 Å². The first-order valence-electron chi connectivity index (χ1n) is 7.18. The van der Waals surface area contributed by atoms with Crippen LogP contribution in [0.5, 0.6) is 0 Å². The largest absolute Gasteiger partial charge is 0.321 e. The fourth-order valence-corrected chi connectivity index (χ4v) is 4.14. The Labute approximate surface area is 146 Å². The van der Waals surface area contributed by atoms with E-state index in [0.29, 0.717) is 0 Å². The van der Waals surface area contributed by atoms with Crippen molar-refractivity contribution >= 4 is 29.4 Å². The smallest absolute Gasteiger partial charge is 0.234 e. The molecule has 1 fully saturated rings. The van der Waals surface area contributed by atoms with Crippen molar-refractivity contribution in [3.8, 4) is 0 Å². The van der Waals surface area contributed by atoms with Gasteiger partial charge in [-0.2, -0.15) is 0 Å². The number of nitrogens with zero attached hydrogens (tertiary/aromatic N) is 1. The molecule has 1 amide bonds. The molecule has 2 nitrogen and oxygen atoms in total. The lowest BCUT2D eigenvalue weighted by molar-refractivity contribution is -0.128. The normalized spacial score (nSPS) is 17.6. The van der Waals surface area contributed by atoms with Gasteiger partial charge in [-0.15, -0.1) is 23.5 Å².